The molecule has 4 nitrogen and oxygen atoms in total. The van der Waals surface area contributed by atoms with E-state index in [0.29, 0.717) is 18.9 Å². The van der Waals surface area contributed by atoms with E-state index in [2.05, 4.69) is 0 Å². The zero-order valence-electron chi connectivity index (χ0n) is 10.9. The van der Waals surface area contributed by atoms with Crippen molar-refractivity contribution in [1.29, 1.82) is 0 Å². The maximum Gasteiger partial charge on any atom is 0.415 e. The molecular weight excluding hydrogens is 273 g/mol. The fourth-order valence-electron chi connectivity index (χ4n) is 2.17. The first-order valence-electron chi connectivity index (χ1n) is 6.08. The standard InChI is InChI=1S/C13H15F3N2O2/c1-12(17,13(14,15)16)11(20)18-5-4-8-2-3-10(19)6-9(8)7-18/h2-3,6,19H,4-5,7,17H2,1H3. The number of hydrogen-bond acceptors (Lipinski definition) is 3. The fourth-order valence-corrected chi connectivity index (χ4v) is 2.17. The molecule has 1 atom stereocenters. The SMILES string of the molecule is CC(N)(C(=O)N1CCc2ccc(O)cc2C1)C(F)(F)F. The van der Waals surface area contributed by atoms with Crippen LogP contribution in [0, 0.1) is 0 Å². The van der Waals surface area contributed by atoms with Crippen LogP contribution in [0.5, 0.6) is 5.75 Å². The summed E-state index contributed by atoms with van der Waals surface area (Å²) < 4.78 is 38.4. The highest BCUT2D eigenvalue weighted by Gasteiger charge is 2.55. The highest BCUT2D eigenvalue weighted by molar-refractivity contribution is 5.87. The van der Waals surface area contributed by atoms with Crippen LogP contribution in [0.2, 0.25) is 0 Å². The molecule has 1 heterocycles. The first-order chi connectivity index (χ1) is 9.13. The lowest BCUT2D eigenvalue weighted by Gasteiger charge is -2.35. The van der Waals surface area contributed by atoms with Gasteiger partial charge in [0.2, 0.25) is 0 Å². The largest absolute Gasteiger partial charge is 0.508 e. The first kappa shape index (κ1) is 14.6. The molecule has 0 aromatic heterocycles. The Morgan fingerprint density at radius 3 is 2.60 bits per heavy atom. The summed E-state index contributed by atoms with van der Waals surface area (Å²) in [5.41, 5.74) is 3.81. The molecule has 0 radical (unpaired) electrons. The molecular formula is C13H15F3N2O2. The number of nitrogens with zero attached hydrogens (tertiary/aromatic N) is 1. The van der Waals surface area contributed by atoms with Crippen LogP contribution in [-0.4, -0.2) is 34.2 Å². The molecule has 0 saturated carbocycles. The lowest BCUT2D eigenvalue weighted by atomic mass is 9.95. The van der Waals surface area contributed by atoms with Gasteiger partial charge in [-0.3, -0.25) is 4.79 Å². The molecule has 0 aliphatic carbocycles. The first-order valence-corrected chi connectivity index (χ1v) is 6.08. The van der Waals surface area contributed by atoms with Gasteiger partial charge in [0, 0.05) is 13.1 Å². The number of amides is 1. The van der Waals surface area contributed by atoms with Gasteiger partial charge in [-0.15, -0.1) is 0 Å². The zero-order valence-corrected chi connectivity index (χ0v) is 10.9. The average molecular weight is 288 g/mol. The van der Waals surface area contributed by atoms with Crippen LogP contribution >= 0.6 is 0 Å². The number of hydrogen-bond donors (Lipinski definition) is 2. The summed E-state index contributed by atoms with van der Waals surface area (Å²) in [7, 11) is 0. The normalized spacial score (nSPS) is 18.4. The molecule has 110 valence electrons. The summed E-state index contributed by atoms with van der Waals surface area (Å²) in [6.07, 6.45) is -4.36. The number of carbonyl (C=O) groups is 1. The van der Waals surface area contributed by atoms with E-state index >= 15 is 0 Å². The van der Waals surface area contributed by atoms with Gasteiger partial charge in [-0.2, -0.15) is 13.2 Å². The summed E-state index contributed by atoms with van der Waals surface area (Å²) in [6, 6.07) is 4.67. The Hall–Kier alpha value is -1.76. The number of rotatable bonds is 1. The van der Waals surface area contributed by atoms with E-state index in [1.165, 1.54) is 12.1 Å². The second-order valence-corrected chi connectivity index (χ2v) is 5.13. The number of halogens is 3. The Labute approximate surface area is 114 Å². The van der Waals surface area contributed by atoms with Crippen molar-refractivity contribution in [2.75, 3.05) is 6.54 Å². The molecule has 0 fully saturated rings. The monoisotopic (exact) mass is 288 g/mol. The number of phenols is 1. The van der Waals surface area contributed by atoms with Crippen LogP contribution in [0.1, 0.15) is 18.1 Å². The quantitative estimate of drug-likeness (QED) is 0.824. The van der Waals surface area contributed by atoms with Crippen molar-refractivity contribution in [3.05, 3.63) is 29.3 Å². The van der Waals surface area contributed by atoms with Crippen molar-refractivity contribution < 1.29 is 23.1 Å². The minimum Gasteiger partial charge on any atom is -0.508 e. The highest BCUT2D eigenvalue weighted by atomic mass is 19.4. The van der Waals surface area contributed by atoms with Gasteiger partial charge in [-0.1, -0.05) is 6.07 Å². The molecule has 1 aliphatic rings. The van der Waals surface area contributed by atoms with E-state index in [9.17, 15) is 23.1 Å². The molecule has 1 amide bonds. The lowest BCUT2D eigenvalue weighted by Crippen LogP contribution is -2.62. The minimum atomic E-state index is -4.80. The Kier molecular flexibility index (Phi) is 3.41. The number of nitrogens with two attached hydrogens (primary N) is 1. The van der Waals surface area contributed by atoms with Gasteiger partial charge < -0.3 is 15.7 Å². The molecule has 3 N–H and O–H groups in total. The van der Waals surface area contributed by atoms with E-state index in [1.807, 2.05) is 0 Å². The molecule has 20 heavy (non-hydrogen) atoms. The Bertz CT molecular complexity index is 541. The second kappa shape index (κ2) is 4.66. The molecule has 0 bridgehead atoms. The molecule has 0 spiro atoms. The van der Waals surface area contributed by atoms with Gasteiger partial charge >= 0.3 is 6.18 Å². The third-order valence-corrected chi connectivity index (χ3v) is 3.52. The minimum absolute atomic E-state index is 0.0179. The van der Waals surface area contributed by atoms with Crippen LogP contribution in [0.25, 0.3) is 0 Å². The van der Waals surface area contributed by atoms with E-state index in [-0.39, 0.29) is 18.8 Å². The topological polar surface area (TPSA) is 66.6 Å². The Balaban J connectivity index is 2.23. The summed E-state index contributed by atoms with van der Waals surface area (Å²) in [4.78, 5) is 13.1. The zero-order chi connectivity index (χ0) is 15.1. The third kappa shape index (κ3) is 2.45. The van der Waals surface area contributed by atoms with Crippen molar-refractivity contribution in [3.63, 3.8) is 0 Å². The molecule has 2 rings (SSSR count). The van der Waals surface area contributed by atoms with E-state index < -0.39 is 17.6 Å². The average Bonchev–Trinajstić information content (AvgIpc) is 2.35. The Morgan fingerprint density at radius 1 is 1.35 bits per heavy atom. The molecule has 7 heteroatoms. The fraction of sp³-hybridized carbons (Fsp3) is 0.462. The summed E-state index contributed by atoms with van der Waals surface area (Å²) in [5.74, 6) is -1.14. The van der Waals surface area contributed by atoms with Crippen molar-refractivity contribution in [2.45, 2.75) is 31.6 Å². The van der Waals surface area contributed by atoms with Crippen molar-refractivity contribution in [1.82, 2.24) is 4.90 Å². The molecule has 1 aliphatic heterocycles. The van der Waals surface area contributed by atoms with Gasteiger partial charge in [-0.25, -0.2) is 0 Å². The highest BCUT2D eigenvalue weighted by Crippen LogP contribution is 2.31. The predicted molar refractivity (Wildman–Crippen MR) is 65.9 cm³/mol. The summed E-state index contributed by atoms with van der Waals surface area (Å²) in [6.45, 7) is 0.873. The third-order valence-electron chi connectivity index (χ3n) is 3.52. The predicted octanol–water partition coefficient (Wildman–Crippen LogP) is 1.56. The van der Waals surface area contributed by atoms with Crippen LogP contribution in [0.15, 0.2) is 18.2 Å². The van der Waals surface area contributed by atoms with Crippen LogP contribution in [-0.2, 0) is 17.8 Å². The molecule has 1 aromatic rings. The van der Waals surface area contributed by atoms with Crippen LogP contribution in [0.4, 0.5) is 13.2 Å². The molecule has 1 aromatic carbocycles. The van der Waals surface area contributed by atoms with Crippen LogP contribution in [0.3, 0.4) is 0 Å². The number of aromatic hydroxyl groups is 1. The van der Waals surface area contributed by atoms with Gasteiger partial charge in [0.1, 0.15) is 5.75 Å². The Morgan fingerprint density at radius 2 is 2.00 bits per heavy atom. The maximum absolute atomic E-state index is 12.8. The van der Waals surface area contributed by atoms with Gasteiger partial charge in [0.25, 0.3) is 5.91 Å². The van der Waals surface area contributed by atoms with Crippen molar-refractivity contribution in [3.8, 4) is 5.75 Å². The molecule has 1 unspecified atom stereocenters. The van der Waals surface area contributed by atoms with E-state index in [1.54, 1.807) is 6.07 Å². The second-order valence-electron chi connectivity index (χ2n) is 5.13. The number of phenolic OH excluding ortho intramolecular Hbond substituents is 1. The van der Waals surface area contributed by atoms with E-state index in [0.717, 1.165) is 10.5 Å². The lowest BCUT2D eigenvalue weighted by molar-refractivity contribution is -0.194. The number of carbonyl (C=O) groups excluding carboxylic acids is 1. The van der Waals surface area contributed by atoms with Crippen molar-refractivity contribution >= 4 is 5.91 Å². The summed E-state index contributed by atoms with van der Waals surface area (Å²) >= 11 is 0. The van der Waals surface area contributed by atoms with Crippen LogP contribution < -0.4 is 5.73 Å². The number of alkyl halides is 3. The number of benzene rings is 1. The van der Waals surface area contributed by atoms with Crippen molar-refractivity contribution in [2.24, 2.45) is 5.73 Å². The van der Waals surface area contributed by atoms with Gasteiger partial charge in [0.15, 0.2) is 5.54 Å². The maximum atomic E-state index is 12.8. The van der Waals surface area contributed by atoms with Gasteiger partial charge in [-0.05, 0) is 36.6 Å². The number of fused-ring (bicyclic) bond motifs is 1. The molecule has 0 saturated heterocycles. The smallest absolute Gasteiger partial charge is 0.415 e. The van der Waals surface area contributed by atoms with Gasteiger partial charge in [0.05, 0.1) is 0 Å². The van der Waals surface area contributed by atoms with E-state index in [4.69, 9.17) is 5.73 Å². The summed E-state index contributed by atoms with van der Waals surface area (Å²) in [5, 5.41) is 9.39.